The van der Waals surface area contributed by atoms with Crippen LogP contribution >= 0.6 is 34.2 Å². The fraction of sp³-hybridized carbons (Fsp3) is 0.278. The van der Waals surface area contributed by atoms with Crippen molar-refractivity contribution < 1.29 is 4.79 Å². The molecular weight excluding hydrogens is 423 g/mol. The maximum Gasteiger partial charge on any atom is 0.256 e. The number of hydrogen-bond acceptors (Lipinski definition) is 2. The third kappa shape index (κ3) is 3.98. The SMILES string of the molecule is CC1CCN(c2ccc(NC(=O)c3ccc(Cl)cc3I)cc2)C1. The summed E-state index contributed by atoms with van der Waals surface area (Å²) < 4.78 is 0.843. The lowest BCUT2D eigenvalue weighted by molar-refractivity contribution is 0.102. The van der Waals surface area contributed by atoms with Crippen LogP contribution in [0, 0.1) is 9.49 Å². The highest BCUT2D eigenvalue weighted by Crippen LogP contribution is 2.25. The van der Waals surface area contributed by atoms with Crippen LogP contribution in [0.15, 0.2) is 42.5 Å². The number of carbonyl (C=O) groups excluding carboxylic acids is 1. The Balaban J connectivity index is 1.69. The summed E-state index contributed by atoms with van der Waals surface area (Å²) in [6, 6.07) is 13.3. The van der Waals surface area contributed by atoms with E-state index in [9.17, 15) is 4.79 Å². The van der Waals surface area contributed by atoms with Gasteiger partial charge in [-0.2, -0.15) is 0 Å². The molecule has 0 spiro atoms. The van der Waals surface area contributed by atoms with E-state index >= 15 is 0 Å². The summed E-state index contributed by atoms with van der Waals surface area (Å²) in [6.45, 7) is 4.49. The standard InChI is InChI=1S/C18H18ClIN2O/c1-12-8-9-22(11-12)15-5-3-14(4-6-15)21-18(23)16-7-2-13(19)10-17(16)20/h2-7,10,12H,8-9,11H2,1H3,(H,21,23). The highest BCUT2D eigenvalue weighted by Gasteiger charge is 2.18. The molecule has 1 aliphatic heterocycles. The van der Waals surface area contributed by atoms with E-state index in [1.165, 1.54) is 12.1 Å². The maximum atomic E-state index is 12.4. The second-order valence-corrected chi connectivity index (χ2v) is 7.56. The van der Waals surface area contributed by atoms with Gasteiger partial charge < -0.3 is 10.2 Å². The van der Waals surface area contributed by atoms with Crippen molar-refractivity contribution in [2.75, 3.05) is 23.3 Å². The van der Waals surface area contributed by atoms with Crippen LogP contribution in [0.2, 0.25) is 5.02 Å². The van der Waals surface area contributed by atoms with Crippen LogP contribution in [0.3, 0.4) is 0 Å². The zero-order valence-electron chi connectivity index (χ0n) is 12.9. The summed E-state index contributed by atoms with van der Waals surface area (Å²) in [6.07, 6.45) is 1.24. The van der Waals surface area contributed by atoms with E-state index in [0.717, 1.165) is 28.3 Å². The minimum absolute atomic E-state index is 0.117. The van der Waals surface area contributed by atoms with Crippen LogP contribution in [-0.4, -0.2) is 19.0 Å². The summed E-state index contributed by atoms with van der Waals surface area (Å²) in [7, 11) is 0. The van der Waals surface area contributed by atoms with Gasteiger partial charge in [-0.05, 0) is 77.4 Å². The smallest absolute Gasteiger partial charge is 0.256 e. The second-order valence-electron chi connectivity index (χ2n) is 5.97. The van der Waals surface area contributed by atoms with Crippen molar-refractivity contribution in [2.24, 2.45) is 5.92 Å². The molecule has 0 bridgehead atoms. The molecule has 5 heteroatoms. The first-order valence-corrected chi connectivity index (χ1v) is 9.10. The number of rotatable bonds is 3. The third-order valence-electron chi connectivity index (χ3n) is 4.09. The normalized spacial score (nSPS) is 17.3. The molecule has 0 saturated carbocycles. The number of carbonyl (C=O) groups is 1. The summed E-state index contributed by atoms with van der Waals surface area (Å²) in [5, 5.41) is 3.57. The van der Waals surface area contributed by atoms with Crippen molar-refractivity contribution in [1.82, 2.24) is 0 Å². The van der Waals surface area contributed by atoms with Gasteiger partial charge in [-0.3, -0.25) is 4.79 Å². The molecule has 0 radical (unpaired) electrons. The molecule has 120 valence electrons. The second kappa shape index (κ2) is 7.09. The van der Waals surface area contributed by atoms with Gasteiger partial charge in [0.25, 0.3) is 5.91 Å². The minimum Gasteiger partial charge on any atom is -0.371 e. The van der Waals surface area contributed by atoms with Gasteiger partial charge in [0, 0.05) is 33.1 Å². The van der Waals surface area contributed by atoms with E-state index in [0.29, 0.717) is 10.6 Å². The van der Waals surface area contributed by atoms with Crippen molar-refractivity contribution in [1.29, 1.82) is 0 Å². The number of hydrogen-bond donors (Lipinski definition) is 1. The van der Waals surface area contributed by atoms with E-state index in [1.54, 1.807) is 18.2 Å². The first-order valence-electron chi connectivity index (χ1n) is 7.64. The van der Waals surface area contributed by atoms with Crippen molar-refractivity contribution in [3.8, 4) is 0 Å². The van der Waals surface area contributed by atoms with Crippen molar-refractivity contribution in [3.63, 3.8) is 0 Å². The number of benzene rings is 2. The van der Waals surface area contributed by atoms with Gasteiger partial charge >= 0.3 is 0 Å². The first kappa shape index (κ1) is 16.6. The average molecular weight is 441 g/mol. The molecular formula is C18H18ClIN2O. The third-order valence-corrected chi connectivity index (χ3v) is 5.22. The van der Waals surface area contributed by atoms with E-state index in [1.807, 2.05) is 12.1 Å². The summed E-state index contributed by atoms with van der Waals surface area (Å²) in [5.74, 6) is 0.634. The molecule has 3 rings (SSSR count). The molecule has 3 nitrogen and oxygen atoms in total. The maximum absolute atomic E-state index is 12.4. The molecule has 2 aromatic rings. The Morgan fingerprint density at radius 3 is 2.61 bits per heavy atom. The molecule has 1 fully saturated rings. The van der Waals surface area contributed by atoms with E-state index in [2.05, 4.69) is 51.9 Å². The van der Waals surface area contributed by atoms with E-state index in [4.69, 9.17) is 11.6 Å². The highest BCUT2D eigenvalue weighted by molar-refractivity contribution is 14.1. The zero-order chi connectivity index (χ0) is 16.4. The Bertz CT molecular complexity index is 717. The van der Waals surface area contributed by atoms with Gasteiger partial charge in [0.2, 0.25) is 0 Å². The number of anilines is 2. The van der Waals surface area contributed by atoms with E-state index < -0.39 is 0 Å². The van der Waals surface area contributed by atoms with Crippen molar-refractivity contribution in [2.45, 2.75) is 13.3 Å². The van der Waals surface area contributed by atoms with Gasteiger partial charge in [-0.1, -0.05) is 18.5 Å². The average Bonchev–Trinajstić information content (AvgIpc) is 2.94. The summed E-state index contributed by atoms with van der Waals surface area (Å²) in [4.78, 5) is 14.7. The Hall–Kier alpha value is -1.27. The van der Waals surface area contributed by atoms with Crippen LogP contribution in [-0.2, 0) is 0 Å². The fourth-order valence-electron chi connectivity index (χ4n) is 2.80. The first-order chi connectivity index (χ1) is 11.0. The predicted molar refractivity (Wildman–Crippen MR) is 105 cm³/mol. The number of nitrogens with zero attached hydrogens (tertiary/aromatic N) is 1. The largest absolute Gasteiger partial charge is 0.371 e. The van der Waals surface area contributed by atoms with Gasteiger partial charge in [0.15, 0.2) is 0 Å². The lowest BCUT2D eigenvalue weighted by atomic mass is 10.2. The molecule has 1 N–H and O–H groups in total. The molecule has 1 heterocycles. The fourth-order valence-corrected chi connectivity index (χ4v) is 3.91. The summed E-state index contributed by atoms with van der Waals surface area (Å²) in [5.41, 5.74) is 2.65. The predicted octanol–water partition coefficient (Wildman–Crippen LogP) is 5.04. The molecule has 1 unspecified atom stereocenters. The monoisotopic (exact) mass is 440 g/mol. The highest BCUT2D eigenvalue weighted by atomic mass is 127. The zero-order valence-corrected chi connectivity index (χ0v) is 15.8. The molecule has 23 heavy (non-hydrogen) atoms. The van der Waals surface area contributed by atoms with Crippen LogP contribution in [0.1, 0.15) is 23.7 Å². The van der Waals surface area contributed by atoms with Crippen molar-refractivity contribution in [3.05, 3.63) is 56.6 Å². The number of nitrogens with one attached hydrogen (secondary N) is 1. The topological polar surface area (TPSA) is 32.3 Å². The lowest BCUT2D eigenvalue weighted by Crippen LogP contribution is -2.19. The molecule has 1 amide bonds. The van der Waals surface area contributed by atoms with Crippen molar-refractivity contribution >= 4 is 51.5 Å². The van der Waals surface area contributed by atoms with E-state index in [-0.39, 0.29) is 5.91 Å². The van der Waals surface area contributed by atoms with Crippen LogP contribution in [0.25, 0.3) is 0 Å². The lowest BCUT2D eigenvalue weighted by Gasteiger charge is -2.18. The van der Waals surface area contributed by atoms with Gasteiger partial charge in [-0.15, -0.1) is 0 Å². The summed E-state index contributed by atoms with van der Waals surface area (Å²) >= 11 is 8.06. The number of halogens is 2. The Kier molecular flexibility index (Phi) is 5.11. The van der Waals surface area contributed by atoms with Gasteiger partial charge in [0.05, 0.1) is 5.56 Å². The molecule has 1 aliphatic rings. The molecule has 1 saturated heterocycles. The molecule has 2 aromatic carbocycles. The Morgan fingerprint density at radius 2 is 2.00 bits per heavy atom. The Labute approximate surface area is 155 Å². The van der Waals surface area contributed by atoms with Crippen LogP contribution < -0.4 is 10.2 Å². The molecule has 1 atom stereocenters. The molecule has 0 aliphatic carbocycles. The number of amides is 1. The quantitative estimate of drug-likeness (QED) is 0.678. The Morgan fingerprint density at radius 1 is 1.26 bits per heavy atom. The van der Waals surface area contributed by atoms with Gasteiger partial charge in [0.1, 0.15) is 0 Å². The minimum atomic E-state index is -0.117. The van der Waals surface area contributed by atoms with Crippen LogP contribution in [0.5, 0.6) is 0 Å². The van der Waals surface area contributed by atoms with Crippen LogP contribution in [0.4, 0.5) is 11.4 Å². The van der Waals surface area contributed by atoms with Gasteiger partial charge in [-0.25, -0.2) is 0 Å². The molecule has 0 aromatic heterocycles.